The van der Waals surface area contributed by atoms with Crippen molar-refractivity contribution in [3.8, 4) is 40.0 Å². The number of aliphatic hydroxyl groups excluding tert-OH is 1. The molecule has 6 rings (SSSR count). The van der Waals surface area contributed by atoms with Crippen molar-refractivity contribution in [2.75, 3.05) is 27.4 Å². The lowest BCUT2D eigenvalue weighted by Crippen LogP contribution is -2.32. The molecule has 2 aromatic heterocycles. The number of amidine groups is 1. The van der Waals surface area contributed by atoms with Crippen molar-refractivity contribution < 1.29 is 29.2 Å². The number of ether oxygens (including phenoxy) is 3. The number of nitrogens with one attached hydrogen (secondary N) is 1. The number of nitrogens with zero attached hydrogens (tertiary/aromatic N) is 3. The first-order valence-corrected chi connectivity index (χ1v) is 16.4. The number of hydrogen-bond donors (Lipinski definition) is 3. The quantitative estimate of drug-likeness (QED) is 0.159. The molecule has 10 nitrogen and oxygen atoms in total. The summed E-state index contributed by atoms with van der Waals surface area (Å²) >= 11 is 7.14. The molecule has 4 aromatic rings. The highest BCUT2D eigenvalue weighted by Gasteiger charge is 2.33. The number of rotatable bonds is 12. The van der Waals surface area contributed by atoms with E-state index in [1.54, 1.807) is 13.2 Å². The van der Waals surface area contributed by atoms with Crippen molar-refractivity contribution in [1.82, 2.24) is 15.3 Å². The zero-order valence-electron chi connectivity index (χ0n) is 27.4. The fraction of sp³-hybridized carbons (Fsp3) is 0.351. The van der Waals surface area contributed by atoms with Gasteiger partial charge in [0.15, 0.2) is 0 Å². The van der Waals surface area contributed by atoms with E-state index in [0.717, 1.165) is 52.1 Å². The van der Waals surface area contributed by atoms with Crippen LogP contribution in [0.1, 0.15) is 55.0 Å². The monoisotopic (exact) mass is 670 g/mol. The molecule has 2 aliphatic rings. The van der Waals surface area contributed by atoms with Crippen molar-refractivity contribution in [2.45, 2.75) is 51.7 Å². The third-order valence-corrected chi connectivity index (χ3v) is 9.58. The van der Waals surface area contributed by atoms with Crippen LogP contribution >= 0.6 is 11.6 Å². The number of fused-ring (bicyclic) bond motifs is 1. The average Bonchev–Trinajstić information content (AvgIpc) is 3.73. The average molecular weight is 671 g/mol. The van der Waals surface area contributed by atoms with E-state index in [2.05, 4.69) is 34.3 Å². The van der Waals surface area contributed by atoms with E-state index in [9.17, 15) is 15.0 Å². The summed E-state index contributed by atoms with van der Waals surface area (Å²) in [6, 6.07) is 19.9. The van der Waals surface area contributed by atoms with Gasteiger partial charge < -0.3 is 29.7 Å². The molecule has 0 saturated carbocycles. The van der Waals surface area contributed by atoms with Crippen LogP contribution in [0.4, 0.5) is 0 Å². The van der Waals surface area contributed by atoms with Gasteiger partial charge in [0.25, 0.3) is 0 Å². The predicted octanol–water partition coefficient (Wildman–Crippen LogP) is 6.30. The Kier molecular flexibility index (Phi) is 9.57. The number of aryl methyl sites for hydroxylation is 1. The number of aromatic nitrogens is 2. The second-order valence-corrected chi connectivity index (χ2v) is 12.9. The van der Waals surface area contributed by atoms with Gasteiger partial charge in [-0.3, -0.25) is 9.79 Å². The van der Waals surface area contributed by atoms with E-state index in [0.29, 0.717) is 41.3 Å². The van der Waals surface area contributed by atoms with Crippen LogP contribution in [-0.2, 0) is 17.6 Å². The van der Waals surface area contributed by atoms with E-state index in [1.165, 1.54) is 19.6 Å². The number of carboxylic acid groups (broad SMARTS) is 1. The molecule has 11 heteroatoms. The molecule has 0 saturated heterocycles. The number of benzene rings is 2. The summed E-state index contributed by atoms with van der Waals surface area (Å²) in [6.07, 6.45) is 1.96. The van der Waals surface area contributed by atoms with Gasteiger partial charge in [0, 0.05) is 28.8 Å². The third-order valence-electron chi connectivity index (χ3n) is 9.18. The minimum absolute atomic E-state index is 0.219. The standard InChI is InChI=1S/C37H39ClN4O6/c1-21-19-39-33(40-21)28-12-14-29(41-35(28)47-4)27-10-6-9-26(32(27)38)23-7-5-8-25-24(23)13-15-30(25)48-31-16-11-22(34(42-31)46-3)17-18-37(2,20-43)36(44)45/h5-12,14,16,21,30,43H,13,15,17-20H2,1-4H3,(H,39,40)(H,44,45)/t21-,30+,37+/m1/s1. The van der Waals surface area contributed by atoms with Gasteiger partial charge in [-0.05, 0) is 74.4 Å². The van der Waals surface area contributed by atoms with E-state index in [1.807, 2.05) is 42.5 Å². The lowest BCUT2D eigenvalue weighted by molar-refractivity contribution is -0.150. The Morgan fingerprint density at radius 2 is 1.73 bits per heavy atom. The molecule has 3 N–H and O–H groups in total. The highest BCUT2D eigenvalue weighted by Crippen LogP contribution is 2.44. The van der Waals surface area contributed by atoms with E-state index < -0.39 is 18.0 Å². The van der Waals surface area contributed by atoms with Gasteiger partial charge in [0.05, 0.1) is 49.1 Å². The van der Waals surface area contributed by atoms with Crippen molar-refractivity contribution in [3.63, 3.8) is 0 Å². The number of carboxylic acids is 1. The van der Waals surface area contributed by atoms with Gasteiger partial charge >= 0.3 is 5.97 Å². The number of halogens is 1. The maximum absolute atomic E-state index is 11.6. The van der Waals surface area contributed by atoms with Crippen molar-refractivity contribution >= 4 is 23.4 Å². The van der Waals surface area contributed by atoms with Gasteiger partial charge in [-0.1, -0.05) is 48.0 Å². The van der Waals surface area contributed by atoms with Crippen LogP contribution in [0.3, 0.4) is 0 Å². The molecule has 0 spiro atoms. The van der Waals surface area contributed by atoms with Crippen LogP contribution in [0.25, 0.3) is 22.4 Å². The van der Waals surface area contributed by atoms with Gasteiger partial charge in [0.2, 0.25) is 17.6 Å². The van der Waals surface area contributed by atoms with Gasteiger partial charge in [-0.25, -0.2) is 4.98 Å². The molecular formula is C37H39ClN4O6. The summed E-state index contributed by atoms with van der Waals surface area (Å²) in [5, 5.41) is 23.1. The fourth-order valence-corrected chi connectivity index (χ4v) is 6.59. The lowest BCUT2D eigenvalue weighted by Gasteiger charge is -2.22. The molecule has 0 radical (unpaired) electrons. The summed E-state index contributed by atoms with van der Waals surface area (Å²) < 4.78 is 17.6. The van der Waals surface area contributed by atoms with Crippen molar-refractivity contribution in [2.24, 2.45) is 10.4 Å². The molecule has 1 aliphatic carbocycles. The second kappa shape index (κ2) is 13.8. The smallest absolute Gasteiger partial charge is 0.311 e. The van der Waals surface area contributed by atoms with Crippen LogP contribution in [0, 0.1) is 5.41 Å². The summed E-state index contributed by atoms with van der Waals surface area (Å²) in [5.74, 6) is 1.00. The van der Waals surface area contributed by atoms with Gasteiger partial charge in [0.1, 0.15) is 11.9 Å². The minimum Gasteiger partial charge on any atom is -0.481 e. The third kappa shape index (κ3) is 6.42. The molecular weight excluding hydrogens is 632 g/mol. The largest absolute Gasteiger partial charge is 0.481 e. The minimum atomic E-state index is -1.25. The molecule has 48 heavy (non-hydrogen) atoms. The first-order chi connectivity index (χ1) is 23.1. The molecule has 0 fully saturated rings. The first-order valence-electron chi connectivity index (χ1n) is 16.0. The highest BCUT2D eigenvalue weighted by molar-refractivity contribution is 6.36. The maximum Gasteiger partial charge on any atom is 0.311 e. The predicted molar refractivity (Wildman–Crippen MR) is 184 cm³/mol. The molecule has 3 heterocycles. The Morgan fingerprint density at radius 3 is 2.44 bits per heavy atom. The fourth-order valence-electron chi connectivity index (χ4n) is 6.27. The maximum atomic E-state index is 11.6. The first kappa shape index (κ1) is 33.2. The zero-order chi connectivity index (χ0) is 34.0. The number of pyridine rings is 2. The number of aliphatic carboxylic acids is 1. The number of aliphatic hydroxyl groups is 1. The summed E-state index contributed by atoms with van der Waals surface area (Å²) in [7, 11) is 3.13. The molecule has 0 unspecified atom stereocenters. The lowest BCUT2D eigenvalue weighted by atomic mass is 9.85. The second-order valence-electron chi connectivity index (χ2n) is 12.5. The molecule has 2 aromatic carbocycles. The Labute approximate surface area is 284 Å². The molecule has 250 valence electrons. The van der Waals surface area contributed by atoms with E-state index in [4.69, 9.17) is 30.8 Å². The Bertz CT molecular complexity index is 1880. The summed E-state index contributed by atoms with van der Waals surface area (Å²) in [4.78, 5) is 25.6. The molecule has 0 amide bonds. The Morgan fingerprint density at radius 1 is 0.979 bits per heavy atom. The molecule has 3 atom stereocenters. The van der Waals surface area contributed by atoms with Crippen LogP contribution in [0.2, 0.25) is 5.02 Å². The summed E-state index contributed by atoms with van der Waals surface area (Å²) in [6.45, 7) is 3.86. The Balaban J connectivity index is 1.24. The zero-order valence-corrected chi connectivity index (χ0v) is 28.2. The van der Waals surface area contributed by atoms with Crippen LogP contribution in [0.15, 0.2) is 65.7 Å². The van der Waals surface area contributed by atoms with Crippen LogP contribution < -0.4 is 19.5 Å². The van der Waals surface area contributed by atoms with Crippen LogP contribution in [-0.4, -0.2) is 65.4 Å². The van der Waals surface area contributed by atoms with E-state index >= 15 is 0 Å². The summed E-state index contributed by atoms with van der Waals surface area (Å²) in [5.41, 5.74) is 6.01. The normalized spacial score (nSPS) is 18.0. The number of methoxy groups -OCH3 is 2. The topological polar surface area (TPSA) is 135 Å². The van der Waals surface area contributed by atoms with Gasteiger partial charge in [-0.15, -0.1) is 0 Å². The number of carbonyl (C=O) groups is 1. The number of aliphatic imine (C=N–C) groups is 1. The van der Waals surface area contributed by atoms with E-state index in [-0.39, 0.29) is 18.6 Å². The molecule has 0 bridgehead atoms. The Hall–Kier alpha value is -4.67. The van der Waals surface area contributed by atoms with Crippen molar-refractivity contribution in [1.29, 1.82) is 0 Å². The molecule has 1 aliphatic heterocycles. The highest BCUT2D eigenvalue weighted by atomic mass is 35.5. The van der Waals surface area contributed by atoms with Gasteiger partial charge in [-0.2, -0.15) is 4.98 Å². The van der Waals surface area contributed by atoms with Crippen molar-refractivity contribution in [3.05, 3.63) is 87.9 Å². The van der Waals surface area contributed by atoms with Crippen LogP contribution in [0.5, 0.6) is 17.6 Å². The number of hydrogen-bond acceptors (Lipinski definition) is 9. The SMILES string of the molecule is COc1nc(O[C@H]2CCc3c(-c4cccc(-c5ccc(C6=NC[C@@H](C)N6)c(OC)n5)c4Cl)cccc32)ccc1CC[C@@](C)(CO)C(=O)O.